The lowest BCUT2D eigenvalue weighted by Crippen LogP contribution is -2.25. The predicted octanol–water partition coefficient (Wildman–Crippen LogP) is 3.03. The number of halogens is 5. The van der Waals surface area contributed by atoms with Crippen molar-refractivity contribution in [3.63, 3.8) is 0 Å². The van der Waals surface area contributed by atoms with Crippen molar-refractivity contribution < 1.29 is 30.4 Å². The van der Waals surface area contributed by atoms with Crippen LogP contribution in [0.25, 0.3) is 22.6 Å². The van der Waals surface area contributed by atoms with Crippen LogP contribution in [0.1, 0.15) is 12.6 Å². The van der Waals surface area contributed by atoms with Gasteiger partial charge in [0.1, 0.15) is 16.5 Å². The minimum Gasteiger partial charge on any atom is -0.243 e. The van der Waals surface area contributed by atoms with E-state index in [-0.39, 0.29) is 16.8 Å². The summed E-state index contributed by atoms with van der Waals surface area (Å²) in [7, 11) is -4.07. The number of rotatable bonds is 4. The van der Waals surface area contributed by atoms with Gasteiger partial charge in [0.15, 0.2) is 27.0 Å². The van der Waals surface area contributed by atoms with Gasteiger partial charge in [-0.05, 0) is 35.9 Å². The average molecular weight is 485 g/mol. The van der Waals surface area contributed by atoms with E-state index < -0.39 is 55.5 Å². The highest BCUT2D eigenvalue weighted by molar-refractivity contribution is 7.91. The van der Waals surface area contributed by atoms with Crippen LogP contribution in [0.5, 0.6) is 0 Å². The summed E-state index contributed by atoms with van der Waals surface area (Å²) in [6.07, 6.45) is -3.77. The van der Waals surface area contributed by atoms with Crippen LogP contribution in [0.4, 0.5) is 22.0 Å². The largest absolute Gasteiger partial charge is 0.435 e. The van der Waals surface area contributed by atoms with Gasteiger partial charge in [-0.3, -0.25) is 0 Å². The van der Waals surface area contributed by atoms with Gasteiger partial charge in [0, 0.05) is 17.8 Å². The SMILES string of the molecule is CCS(=O)(=O)c1cc(-c2cc(F)cc(F)c2)cnc1-n1nc2ccc(C(F)(F)F)nn2c1=O. The molecule has 0 fully saturated rings. The number of alkyl halides is 3. The average Bonchev–Trinajstić information content (AvgIpc) is 3.08. The number of benzene rings is 1. The van der Waals surface area contributed by atoms with Gasteiger partial charge in [-0.1, -0.05) is 6.92 Å². The molecule has 0 aliphatic heterocycles. The number of hydrogen-bond acceptors (Lipinski definition) is 6. The van der Waals surface area contributed by atoms with Crippen LogP contribution in [0.15, 0.2) is 52.3 Å². The molecule has 3 heterocycles. The molecule has 4 aromatic rings. The van der Waals surface area contributed by atoms with E-state index in [1.807, 2.05) is 0 Å². The van der Waals surface area contributed by atoms with Crippen molar-refractivity contribution in [2.24, 2.45) is 0 Å². The maximum Gasteiger partial charge on any atom is 0.435 e. The summed E-state index contributed by atoms with van der Waals surface area (Å²) >= 11 is 0. The van der Waals surface area contributed by atoms with Crippen molar-refractivity contribution in [3.05, 3.63) is 70.4 Å². The van der Waals surface area contributed by atoms with Gasteiger partial charge < -0.3 is 0 Å². The Morgan fingerprint density at radius 1 is 0.970 bits per heavy atom. The molecule has 14 heteroatoms. The molecule has 8 nitrogen and oxygen atoms in total. The Morgan fingerprint density at radius 2 is 1.64 bits per heavy atom. The summed E-state index contributed by atoms with van der Waals surface area (Å²) in [4.78, 5) is 16.2. The topological polar surface area (TPSA) is 99.2 Å². The van der Waals surface area contributed by atoms with Crippen molar-refractivity contribution in [2.45, 2.75) is 18.0 Å². The lowest BCUT2D eigenvalue weighted by Gasteiger charge is -2.10. The minimum absolute atomic E-state index is 0.0158. The molecule has 33 heavy (non-hydrogen) atoms. The maximum atomic E-state index is 13.6. The molecular weight excluding hydrogens is 473 g/mol. The lowest BCUT2D eigenvalue weighted by atomic mass is 10.1. The van der Waals surface area contributed by atoms with Gasteiger partial charge in [0.2, 0.25) is 0 Å². The van der Waals surface area contributed by atoms with Gasteiger partial charge in [-0.25, -0.2) is 27.0 Å². The Balaban J connectivity index is 1.97. The second-order valence-electron chi connectivity index (χ2n) is 6.79. The first-order valence-electron chi connectivity index (χ1n) is 9.16. The molecule has 172 valence electrons. The van der Waals surface area contributed by atoms with Crippen molar-refractivity contribution >= 4 is 15.5 Å². The highest BCUT2D eigenvalue weighted by Crippen LogP contribution is 2.28. The van der Waals surface area contributed by atoms with Crippen LogP contribution < -0.4 is 5.69 Å². The standard InChI is InChI=1S/C19H12F5N5O3S/c1-2-33(31,32)14-7-11(10-5-12(20)8-13(21)6-10)9-25-17(14)29-18(30)28-16(27-29)4-3-15(26-28)19(22,23)24/h3-9H,2H2,1H3. The Labute approximate surface area is 181 Å². The van der Waals surface area contributed by atoms with E-state index in [0.717, 1.165) is 30.5 Å². The van der Waals surface area contributed by atoms with Gasteiger partial charge >= 0.3 is 11.9 Å². The van der Waals surface area contributed by atoms with Crippen LogP contribution in [0.2, 0.25) is 0 Å². The van der Waals surface area contributed by atoms with E-state index in [1.165, 1.54) is 6.92 Å². The van der Waals surface area contributed by atoms with Crippen LogP contribution in [0.3, 0.4) is 0 Å². The molecule has 0 saturated carbocycles. The Morgan fingerprint density at radius 3 is 2.24 bits per heavy atom. The van der Waals surface area contributed by atoms with Crippen LogP contribution in [-0.4, -0.2) is 38.5 Å². The molecule has 0 N–H and O–H groups in total. The Bertz CT molecular complexity index is 1540. The quantitative estimate of drug-likeness (QED) is 0.412. The molecule has 0 aliphatic carbocycles. The molecule has 0 atom stereocenters. The van der Waals surface area contributed by atoms with E-state index in [4.69, 9.17) is 0 Å². The third kappa shape index (κ3) is 4.08. The fourth-order valence-electron chi connectivity index (χ4n) is 3.02. The fourth-order valence-corrected chi connectivity index (χ4v) is 4.05. The Kier molecular flexibility index (Phi) is 5.27. The highest BCUT2D eigenvalue weighted by atomic mass is 32.2. The number of sulfone groups is 1. The summed E-state index contributed by atoms with van der Waals surface area (Å²) in [5.41, 5.74) is -2.82. The first-order valence-corrected chi connectivity index (χ1v) is 10.8. The van der Waals surface area contributed by atoms with Crippen molar-refractivity contribution in [3.8, 4) is 16.9 Å². The first kappa shape index (κ1) is 22.5. The number of fused-ring (bicyclic) bond motifs is 1. The van der Waals surface area contributed by atoms with Crippen LogP contribution in [-0.2, 0) is 16.0 Å². The van der Waals surface area contributed by atoms with E-state index in [9.17, 15) is 35.2 Å². The van der Waals surface area contributed by atoms with Gasteiger partial charge in [-0.2, -0.15) is 27.5 Å². The summed E-state index contributed by atoms with van der Waals surface area (Å²) in [6, 6.07) is 5.12. The van der Waals surface area contributed by atoms with Gasteiger partial charge in [-0.15, -0.1) is 5.10 Å². The lowest BCUT2D eigenvalue weighted by molar-refractivity contribution is -0.141. The molecule has 3 aromatic heterocycles. The summed E-state index contributed by atoms with van der Waals surface area (Å²) in [6.45, 7) is 1.32. The first-order chi connectivity index (χ1) is 15.4. The van der Waals surface area contributed by atoms with Crippen molar-refractivity contribution in [1.82, 2.24) is 24.4 Å². The molecule has 4 rings (SSSR count). The molecule has 0 amide bonds. The second kappa shape index (κ2) is 7.72. The number of aromatic nitrogens is 5. The molecule has 0 saturated heterocycles. The predicted molar refractivity (Wildman–Crippen MR) is 104 cm³/mol. The van der Waals surface area contributed by atoms with Crippen LogP contribution in [0, 0.1) is 11.6 Å². The van der Waals surface area contributed by atoms with Gasteiger partial charge in [0.25, 0.3) is 0 Å². The molecular formula is C19H12F5N5O3S. The smallest absolute Gasteiger partial charge is 0.243 e. The molecule has 0 spiro atoms. The zero-order valence-corrected chi connectivity index (χ0v) is 17.3. The zero-order valence-electron chi connectivity index (χ0n) is 16.5. The van der Waals surface area contributed by atoms with E-state index in [2.05, 4.69) is 15.2 Å². The highest BCUT2D eigenvalue weighted by Gasteiger charge is 2.33. The normalized spacial score (nSPS) is 12.4. The number of pyridine rings is 1. The maximum absolute atomic E-state index is 13.6. The summed E-state index contributed by atoms with van der Waals surface area (Å²) in [5.74, 6) is -2.74. The summed E-state index contributed by atoms with van der Waals surface area (Å²) in [5, 5.41) is 7.06. The van der Waals surface area contributed by atoms with Crippen LogP contribution >= 0.6 is 0 Å². The third-order valence-electron chi connectivity index (χ3n) is 4.61. The van der Waals surface area contributed by atoms with Crippen molar-refractivity contribution in [1.29, 1.82) is 0 Å². The fraction of sp³-hybridized carbons (Fsp3) is 0.158. The molecule has 0 aliphatic rings. The molecule has 1 aromatic carbocycles. The second-order valence-corrected chi connectivity index (χ2v) is 9.03. The minimum atomic E-state index is -4.83. The molecule has 0 unspecified atom stereocenters. The monoisotopic (exact) mass is 485 g/mol. The number of hydrogen-bond donors (Lipinski definition) is 0. The zero-order chi connectivity index (χ0) is 24.1. The van der Waals surface area contributed by atoms with Gasteiger partial charge in [0.05, 0.1) is 5.75 Å². The van der Waals surface area contributed by atoms with Crippen molar-refractivity contribution in [2.75, 3.05) is 5.75 Å². The van der Waals surface area contributed by atoms with E-state index >= 15 is 0 Å². The molecule has 0 bridgehead atoms. The Hall–Kier alpha value is -3.68. The summed E-state index contributed by atoms with van der Waals surface area (Å²) < 4.78 is 92.4. The van der Waals surface area contributed by atoms with E-state index in [0.29, 0.717) is 21.3 Å². The van der Waals surface area contributed by atoms with E-state index in [1.54, 1.807) is 0 Å². The third-order valence-corrected chi connectivity index (χ3v) is 6.35. The molecule has 0 radical (unpaired) electrons. The number of nitrogens with zero attached hydrogens (tertiary/aromatic N) is 5.